The van der Waals surface area contributed by atoms with Crippen molar-refractivity contribution < 1.29 is 14.6 Å². The second-order valence-corrected chi connectivity index (χ2v) is 5.26. The van der Waals surface area contributed by atoms with Crippen LogP contribution in [0.25, 0.3) is 0 Å². The molecule has 0 heterocycles. The minimum atomic E-state index is -0.459. The van der Waals surface area contributed by atoms with Crippen molar-refractivity contribution in [3.63, 3.8) is 0 Å². The molecule has 6 heteroatoms. The van der Waals surface area contributed by atoms with Gasteiger partial charge in [0.05, 0.1) is 12.1 Å². The Morgan fingerprint density at radius 2 is 2.16 bits per heavy atom. The summed E-state index contributed by atoms with van der Waals surface area (Å²) in [5.41, 5.74) is 5.47. The van der Waals surface area contributed by atoms with E-state index < -0.39 is 5.41 Å². The van der Waals surface area contributed by atoms with Gasteiger partial charge in [0.15, 0.2) is 11.5 Å². The Labute approximate surface area is 117 Å². The van der Waals surface area contributed by atoms with Crippen LogP contribution in [0.3, 0.4) is 0 Å². The predicted molar refractivity (Wildman–Crippen MR) is 77.6 cm³/mol. The van der Waals surface area contributed by atoms with Gasteiger partial charge in [-0.15, -0.1) is 0 Å². The minimum Gasteiger partial charge on any atom is -0.504 e. The van der Waals surface area contributed by atoms with E-state index in [1.165, 1.54) is 19.2 Å². The first-order chi connectivity index (χ1) is 8.77. The maximum absolute atomic E-state index is 11.9. The molecule has 4 N–H and O–H groups in total. The molecule has 0 aromatic heterocycles. The van der Waals surface area contributed by atoms with E-state index in [9.17, 15) is 9.90 Å². The number of thiocarbonyl (C=S) groups is 1. The highest BCUT2D eigenvalue weighted by Gasteiger charge is 2.22. The van der Waals surface area contributed by atoms with Crippen molar-refractivity contribution in [2.24, 2.45) is 11.1 Å². The molecule has 0 saturated carbocycles. The molecule has 1 aromatic rings. The SMILES string of the molecule is COc1ccc(C(=O)NCC(C)(C)C(N)=S)cc1O. The lowest BCUT2D eigenvalue weighted by Gasteiger charge is -2.23. The Balaban J connectivity index is 2.74. The van der Waals surface area contributed by atoms with Gasteiger partial charge in [-0.25, -0.2) is 0 Å². The molecule has 0 saturated heterocycles. The van der Waals surface area contributed by atoms with Crippen molar-refractivity contribution >= 4 is 23.1 Å². The van der Waals surface area contributed by atoms with Crippen molar-refractivity contribution in [3.05, 3.63) is 23.8 Å². The number of carbonyl (C=O) groups is 1. The summed E-state index contributed by atoms with van der Waals surface area (Å²) in [5.74, 6) is -0.0638. The number of hydrogen-bond acceptors (Lipinski definition) is 4. The van der Waals surface area contributed by atoms with Crippen LogP contribution in [-0.4, -0.2) is 29.7 Å². The average molecular weight is 282 g/mol. The van der Waals surface area contributed by atoms with Crippen LogP contribution in [0, 0.1) is 5.41 Å². The molecular formula is C13H18N2O3S. The summed E-state index contributed by atoms with van der Waals surface area (Å²) in [6, 6.07) is 4.45. The molecule has 1 rings (SSSR count). The fourth-order valence-electron chi connectivity index (χ4n) is 1.32. The number of nitrogens with one attached hydrogen (secondary N) is 1. The molecular weight excluding hydrogens is 264 g/mol. The number of aromatic hydroxyl groups is 1. The van der Waals surface area contributed by atoms with E-state index in [0.29, 0.717) is 22.8 Å². The first kappa shape index (κ1) is 15.2. The third-order valence-electron chi connectivity index (χ3n) is 2.80. The van der Waals surface area contributed by atoms with E-state index in [4.69, 9.17) is 22.7 Å². The van der Waals surface area contributed by atoms with Gasteiger partial charge in [-0.05, 0) is 18.2 Å². The number of carbonyl (C=O) groups excluding carboxylic acids is 1. The van der Waals surface area contributed by atoms with E-state index in [1.807, 2.05) is 13.8 Å². The van der Waals surface area contributed by atoms with Gasteiger partial charge in [-0.1, -0.05) is 26.1 Å². The zero-order chi connectivity index (χ0) is 14.6. The summed E-state index contributed by atoms with van der Waals surface area (Å²) in [5, 5.41) is 12.3. The van der Waals surface area contributed by atoms with Gasteiger partial charge >= 0.3 is 0 Å². The molecule has 0 radical (unpaired) electrons. The fraction of sp³-hybridized carbons (Fsp3) is 0.385. The number of nitrogens with two attached hydrogens (primary N) is 1. The molecule has 1 aromatic carbocycles. The monoisotopic (exact) mass is 282 g/mol. The van der Waals surface area contributed by atoms with E-state index in [1.54, 1.807) is 6.07 Å². The summed E-state index contributed by atoms with van der Waals surface area (Å²) >= 11 is 4.92. The summed E-state index contributed by atoms with van der Waals surface area (Å²) in [6.07, 6.45) is 0. The van der Waals surface area contributed by atoms with Gasteiger partial charge < -0.3 is 20.9 Å². The minimum absolute atomic E-state index is 0.0799. The Kier molecular flexibility index (Phi) is 4.72. The quantitative estimate of drug-likeness (QED) is 0.712. The standard InChI is InChI=1S/C13H18N2O3S/c1-13(2,12(14)19)7-15-11(17)8-4-5-10(18-3)9(16)6-8/h4-6,16H,7H2,1-3H3,(H2,14,19)(H,15,17). The molecule has 1 amide bonds. The maximum atomic E-state index is 11.9. The average Bonchev–Trinajstić information content (AvgIpc) is 2.35. The van der Waals surface area contributed by atoms with E-state index in [2.05, 4.69) is 5.32 Å². The van der Waals surface area contributed by atoms with Crippen LogP contribution in [-0.2, 0) is 0 Å². The van der Waals surface area contributed by atoms with Crippen molar-refractivity contribution in [1.29, 1.82) is 0 Å². The molecule has 0 atom stereocenters. The lowest BCUT2D eigenvalue weighted by Crippen LogP contribution is -2.41. The number of phenols is 1. The van der Waals surface area contributed by atoms with Crippen molar-refractivity contribution in [1.82, 2.24) is 5.32 Å². The number of benzene rings is 1. The topological polar surface area (TPSA) is 84.6 Å². The van der Waals surface area contributed by atoms with Gasteiger partial charge in [0.1, 0.15) is 0 Å². The van der Waals surface area contributed by atoms with E-state index in [-0.39, 0.29) is 11.7 Å². The van der Waals surface area contributed by atoms with Gasteiger partial charge in [0.2, 0.25) is 0 Å². The molecule has 0 aliphatic rings. The largest absolute Gasteiger partial charge is 0.504 e. The lowest BCUT2D eigenvalue weighted by molar-refractivity contribution is 0.0944. The molecule has 5 nitrogen and oxygen atoms in total. The van der Waals surface area contributed by atoms with Crippen LogP contribution < -0.4 is 15.8 Å². The van der Waals surface area contributed by atoms with Crippen molar-refractivity contribution in [2.75, 3.05) is 13.7 Å². The first-order valence-corrected chi connectivity index (χ1v) is 6.14. The molecule has 0 fully saturated rings. The van der Waals surface area contributed by atoms with Gasteiger partial charge in [-0.3, -0.25) is 4.79 Å². The highest BCUT2D eigenvalue weighted by atomic mass is 32.1. The molecule has 0 spiro atoms. The molecule has 104 valence electrons. The van der Waals surface area contributed by atoms with Crippen LogP contribution in [0.2, 0.25) is 0 Å². The third kappa shape index (κ3) is 3.82. The van der Waals surface area contributed by atoms with E-state index in [0.717, 1.165) is 0 Å². The molecule has 0 bridgehead atoms. The summed E-state index contributed by atoms with van der Waals surface area (Å²) in [6.45, 7) is 4.02. The Bertz CT molecular complexity index is 501. The van der Waals surface area contributed by atoms with Gasteiger partial charge in [0.25, 0.3) is 5.91 Å². The van der Waals surface area contributed by atoms with Crippen LogP contribution >= 0.6 is 12.2 Å². The first-order valence-electron chi connectivity index (χ1n) is 5.73. The normalized spacial score (nSPS) is 10.9. The second kappa shape index (κ2) is 5.88. The second-order valence-electron chi connectivity index (χ2n) is 4.82. The van der Waals surface area contributed by atoms with Crippen molar-refractivity contribution in [2.45, 2.75) is 13.8 Å². The number of rotatable bonds is 5. The molecule has 0 unspecified atom stereocenters. The number of amides is 1. The summed E-state index contributed by atoms with van der Waals surface area (Å²) in [7, 11) is 1.44. The number of ether oxygens (including phenoxy) is 1. The predicted octanol–water partition coefficient (Wildman–Crippen LogP) is 1.44. The molecule has 0 aliphatic heterocycles. The van der Waals surface area contributed by atoms with Crippen LogP contribution in [0.15, 0.2) is 18.2 Å². The zero-order valence-electron chi connectivity index (χ0n) is 11.2. The maximum Gasteiger partial charge on any atom is 0.251 e. The van der Waals surface area contributed by atoms with Crippen LogP contribution in [0.1, 0.15) is 24.2 Å². The third-order valence-corrected chi connectivity index (χ3v) is 3.35. The summed E-state index contributed by atoms with van der Waals surface area (Å²) < 4.78 is 4.91. The Hall–Kier alpha value is -1.82. The van der Waals surface area contributed by atoms with E-state index >= 15 is 0 Å². The van der Waals surface area contributed by atoms with Gasteiger partial charge in [-0.2, -0.15) is 0 Å². The number of phenolic OH excluding ortho intramolecular Hbond substituents is 1. The fourth-order valence-corrected chi connectivity index (χ4v) is 1.39. The highest BCUT2D eigenvalue weighted by molar-refractivity contribution is 7.80. The van der Waals surface area contributed by atoms with Crippen LogP contribution in [0.4, 0.5) is 0 Å². The highest BCUT2D eigenvalue weighted by Crippen LogP contribution is 2.26. The summed E-state index contributed by atoms with van der Waals surface area (Å²) in [4.78, 5) is 12.3. The molecule has 0 aliphatic carbocycles. The van der Waals surface area contributed by atoms with Gasteiger partial charge in [0, 0.05) is 17.5 Å². The Morgan fingerprint density at radius 3 is 2.63 bits per heavy atom. The number of methoxy groups -OCH3 is 1. The smallest absolute Gasteiger partial charge is 0.251 e. The van der Waals surface area contributed by atoms with Crippen LogP contribution in [0.5, 0.6) is 11.5 Å². The lowest BCUT2D eigenvalue weighted by atomic mass is 9.93. The number of hydrogen-bond donors (Lipinski definition) is 3. The Morgan fingerprint density at radius 1 is 1.53 bits per heavy atom. The van der Waals surface area contributed by atoms with Crippen molar-refractivity contribution in [3.8, 4) is 11.5 Å². The molecule has 19 heavy (non-hydrogen) atoms. The zero-order valence-corrected chi connectivity index (χ0v) is 12.0.